The van der Waals surface area contributed by atoms with Crippen LogP contribution in [-0.2, 0) is 21.4 Å². The number of sulfonamides is 1. The third-order valence-corrected chi connectivity index (χ3v) is 4.44. The molecule has 0 radical (unpaired) electrons. The van der Waals surface area contributed by atoms with E-state index in [9.17, 15) is 13.2 Å². The summed E-state index contributed by atoms with van der Waals surface area (Å²) in [4.78, 5) is 10.6. The van der Waals surface area contributed by atoms with Crippen molar-refractivity contribution >= 4 is 21.7 Å². The number of hydrogen-bond donors (Lipinski definition) is 2. The van der Waals surface area contributed by atoms with Crippen LogP contribution in [0.5, 0.6) is 0 Å². The number of carboxylic acid groups (broad SMARTS) is 1. The Morgan fingerprint density at radius 3 is 2.76 bits per heavy atom. The molecule has 21 heavy (non-hydrogen) atoms. The lowest BCUT2D eigenvalue weighted by molar-refractivity contribution is -0.137. The molecule has 114 valence electrons. The SMILES string of the molecule is Cc1nn(CCC(=O)O)c(C)c1S(=O)(=O)Nc1cnoc1. The van der Waals surface area contributed by atoms with Crippen molar-refractivity contribution in [1.82, 2.24) is 14.9 Å². The van der Waals surface area contributed by atoms with Gasteiger partial charge in [-0.2, -0.15) is 5.10 Å². The van der Waals surface area contributed by atoms with Gasteiger partial charge < -0.3 is 9.63 Å². The van der Waals surface area contributed by atoms with Gasteiger partial charge in [0, 0.05) is 0 Å². The standard InChI is InChI=1S/C11H14N4O5S/c1-7-11(8(2)15(13-7)4-3-10(16)17)21(18,19)14-9-5-12-20-6-9/h5-6,14H,3-4H2,1-2H3,(H,16,17). The monoisotopic (exact) mass is 314 g/mol. The Kier molecular flexibility index (Phi) is 3.98. The largest absolute Gasteiger partial charge is 0.481 e. The second-order valence-corrected chi connectivity index (χ2v) is 6.00. The molecule has 0 fully saturated rings. The Morgan fingerprint density at radius 1 is 1.48 bits per heavy atom. The summed E-state index contributed by atoms with van der Waals surface area (Å²) in [6, 6.07) is 0. The molecule has 0 amide bonds. The maximum atomic E-state index is 12.3. The smallest absolute Gasteiger partial charge is 0.305 e. The van der Waals surface area contributed by atoms with Crippen LogP contribution in [0.15, 0.2) is 21.9 Å². The molecule has 0 aliphatic heterocycles. The molecule has 0 unspecified atom stereocenters. The molecule has 0 aliphatic carbocycles. The summed E-state index contributed by atoms with van der Waals surface area (Å²) >= 11 is 0. The number of hydrogen-bond acceptors (Lipinski definition) is 6. The van der Waals surface area contributed by atoms with Crippen molar-refractivity contribution < 1.29 is 22.8 Å². The maximum Gasteiger partial charge on any atom is 0.305 e. The van der Waals surface area contributed by atoms with Crippen LogP contribution in [0.3, 0.4) is 0 Å². The second kappa shape index (κ2) is 5.56. The first-order valence-electron chi connectivity index (χ1n) is 5.99. The highest BCUT2D eigenvalue weighted by atomic mass is 32.2. The average molecular weight is 314 g/mol. The first-order chi connectivity index (χ1) is 9.81. The summed E-state index contributed by atoms with van der Waals surface area (Å²) in [5.41, 5.74) is 0.867. The van der Waals surface area contributed by atoms with Gasteiger partial charge in [-0.3, -0.25) is 14.2 Å². The van der Waals surface area contributed by atoms with Gasteiger partial charge in [-0.15, -0.1) is 0 Å². The van der Waals surface area contributed by atoms with Crippen LogP contribution < -0.4 is 4.72 Å². The lowest BCUT2D eigenvalue weighted by atomic mass is 10.4. The van der Waals surface area contributed by atoms with Crippen molar-refractivity contribution in [3.05, 3.63) is 23.8 Å². The molecule has 2 rings (SSSR count). The summed E-state index contributed by atoms with van der Waals surface area (Å²) in [5, 5.41) is 16.2. The molecule has 0 atom stereocenters. The molecule has 2 aromatic rings. The fourth-order valence-corrected chi connectivity index (χ4v) is 3.39. The molecule has 0 aromatic carbocycles. The van der Waals surface area contributed by atoms with Crippen molar-refractivity contribution in [3.63, 3.8) is 0 Å². The first-order valence-corrected chi connectivity index (χ1v) is 7.47. The number of nitrogens with zero attached hydrogens (tertiary/aromatic N) is 3. The van der Waals surface area contributed by atoms with Crippen LogP contribution in [-0.4, -0.2) is 34.4 Å². The van der Waals surface area contributed by atoms with E-state index >= 15 is 0 Å². The molecule has 0 aliphatic rings. The van der Waals surface area contributed by atoms with Crippen LogP contribution in [0.2, 0.25) is 0 Å². The number of aromatic nitrogens is 3. The van der Waals surface area contributed by atoms with Crippen molar-refractivity contribution in [2.45, 2.75) is 31.7 Å². The maximum absolute atomic E-state index is 12.3. The van der Waals surface area contributed by atoms with E-state index in [2.05, 4.69) is 19.5 Å². The highest BCUT2D eigenvalue weighted by Gasteiger charge is 2.25. The van der Waals surface area contributed by atoms with Gasteiger partial charge >= 0.3 is 5.97 Å². The minimum Gasteiger partial charge on any atom is -0.481 e. The van der Waals surface area contributed by atoms with E-state index in [4.69, 9.17) is 5.11 Å². The summed E-state index contributed by atoms with van der Waals surface area (Å²) in [6.45, 7) is 3.22. The van der Waals surface area contributed by atoms with Crippen LogP contribution in [0.4, 0.5) is 5.69 Å². The topological polar surface area (TPSA) is 127 Å². The first kappa shape index (κ1) is 15.0. The van der Waals surface area contributed by atoms with Crippen LogP contribution >= 0.6 is 0 Å². The van der Waals surface area contributed by atoms with E-state index in [0.29, 0.717) is 11.4 Å². The Balaban J connectivity index is 2.33. The van der Waals surface area contributed by atoms with Gasteiger partial charge in [0.1, 0.15) is 16.8 Å². The summed E-state index contributed by atoms with van der Waals surface area (Å²) in [6.07, 6.45) is 2.26. The number of nitrogens with one attached hydrogen (secondary N) is 1. The number of aliphatic carboxylic acids is 1. The van der Waals surface area contributed by atoms with Gasteiger partial charge in [0.2, 0.25) is 0 Å². The third-order valence-electron chi connectivity index (χ3n) is 2.81. The lowest BCUT2D eigenvalue weighted by Gasteiger charge is -2.06. The molecule has 2 N–H and O–H groups in total. The van der Waals surface area contributed by atoms with Crippen molar-refractivity contribution in [2.24, 2.45) is 0 Å². The lowest BCUT2D eigenvalue weighted by Crippen LogP contribution is -2.15. The summed E-state index contributed by atoms with van der Waals surface area (Å²) < 4.78 is 32.9. The van der Waals surface area contributed by atoms with Gasteiger partial charge in [0.15, 0.2) is 0 Å². The summed E-state index contributed by atoms with van der Waals surface area (Å²) in [7, 11) is -3.84. The molecule has 0 saturated carbocycles. The van der Waals surface area contributed by atoms with Gasteiger partial charge in [-0.25, -0.2) is 8.42 Å². The van der Waals surface area contributed by atoms with Gasteiger partial charge in [0.05, 0.1) is 30.6 Å². The van der Waals surface area contributed by atoms with E-state index in [0.717, 1.165) is 6.26 Å². The molecular formula is C11H14N4O5S. The van der Waals surface area contributed by atoms with Crippen molar-refractivity contribution in [2.75, 3.05) is 4.72 Å². The number of aryl methyl sites for hydroxylation is 2. The molecular weight excluding hydrogens is 300 g/mol. The molecule has 0 saturated heterocycles. The fraction of sp³-hybridized carbons (Fsp3) is 0.364. The zero-order valence-corrected chi connectivity index (χ0v) is 12.2. The predicted octanol–water partition coefficient (Wildman–Crippen LogP) is 0.763. The van der Waals surface area contributed by atoms with Gasteiger partial charge in [-0.05, 0) is 13.8 Å². The zero-order chi connectivity index (χ0) is 15.6. The fourth-order valence-electron chi connectivity index (χ4n) is 1.95. The van der Waals surface area contributed by atoms with Crippen LogP contribution in [0.25, 0.3) is 0 Å². The Hall–Kier alpha value is -2.36. The Labute approximate surface area is 120 Å². The van der Waals surface area contributed by atoms with E-state index in [1.54, 1.807) is 13.8 Å². The van der Waals surface area contributed by atoms with Crippen LogP contribution in [0.1, 0.15) is 17.8 Å². The molecule has 0 spiro atoms. The van der Waals surface area contributed by atoms with Gasteiger partial charge in [-0.1, -0.05) is 5.16 Å². The van der Waals surface area contributed by atoms with Crippen molar-refractivity contribution in [1.29, 1.82) is 0 Å². The van der Waals surface area contributed by atoms with Crippen molar-refractivity contribution in [3.8, 4) is 0 Å². The number of anilines is 1. The normalized spacial score (nSPS) is 11.5. The predicted molar refractivity (Wildman–Crippen MR) is 71.3 cm³/mol. The Bertz CT molecular complexity index is 748. The highest BCUT2D eigenvalue weighted by molar-refractivity contribution is 7.92. The minimum atomic E-state index is -3.84. The third kappa shape index (κ3) is 3.21. The average Bonchev–Trinajstić information content (AvgIpc) is 2.94. The number of carboxylic acids is 1. The zero-order valence-electron chi connectivity index (χ0n) is 11.4. The molecule has 2 heterocycles. The van der Waals surface area contributed by atoms with Crippen LogP contribution in [0, 0.1) is 13.8 Å². The molecule has 9 nitrogen and oxygen atoms in total. The van der Waals surface area contributed by atoms with E-state index in [1.807, 2.05) is 0 Å². The van der Waals surface area contributed by atoms with E-state index < -0.39 is 16.0 Å². The summed E-state index contributed by atoms with van der Waals surface area (Å²) in [5.74, 6) is -0.977. The molecule has 10 heteroatoms. The molecule has 2 aromatic heterocycles. The van der Waals surface area contributed by atoms with Gasteiger partial charge in [0.25, 0.3) is 10.0 Å². The number of rotatable bonds is 6. The number of carbonyl (C=O) groups is 1. The molecule has 0 bridgehead atoms. The van der Waals surface area contributed by atoms with E-state index in [1.165, 1.54) is 10.9 Å². The minimum absolute atomic E-state index is 0.0223. The highest BCUT2D eigenvalue weighted by Crippen LogP contribution is 2.22. The quantitative estimate of drug-likeness (QED) is 0.805. The second-order valence-electron chi connectivity index (χ2n) is 4.39. The van der Waals surface area contributed by atoms with E-state index in [-0.39, 0.29) is 23.5 Å². The Morgan fingerprint density at radius 2 is 2.19 bits per heavy atom.